The molecule has 1 aromatic carbocycles. The van der Waals surface area contributed by atoms with E-state index in [0.29, 0.717) is 18.3 Å². The van der Waals surface area contributed by atoms with Crippen LogP contribution in [0.1, 0.15) is 50.7 Å². The molecule has 176 valence electrons. The topological polar surface area (TPSA) is 51.7 Å². The van der Waals surface area contributed by atoms with Crippen molar-refractivity contribution < 1.29 is 14.3 Å². The molecular formula is C25H34Cl2N2O3. The van der Waals surface area contributed by atoms with Gasteiger partial charge in [0.15, 0.2) is 0 Å². The molecule has 0 saturated carbocycles. The van der Waals surface area contributed by atoms with Crippen LogP contribution in [-0.4, -0.2) is 42.1 Å². The fraction of sp³-hybridized carbons (Fsp3) is 0.520. The molecule has 0 radical (unpaired) electrons. The minimum Gasteiger partial charge on any atom is -0.497 e. The van der Waals surface area contributed by atoms with Gasteiger partial charge in [0.2, 0.25) is 0 Å². The fourth-order valence-electron chi connectivity index (χ4n) is 5.08. The number of unbranched alkanes of at least 4 members (excludes halogenated alkanes) is 1. The first-order chi connectivity index (χ1) is 14.6. The van der Waals surface area contributed by atoms with Crippen LogP contribution < -0.4 is 4.74 Å². The van der Waals surface area contributed by atoms with Crippen LogP contribution in [0.4, 0.5) is 0 Å². The van der Waals surface area contributed by atoms with Gasteiger partial charge < -0.3 is 9.47 Å². The van der Waals surface area contributed by atoms with E-state index in [2.05, 4.69) is 29.5 Å². The van der Waals surface area contributed by atoms with Gasteiger partial charge in [-0.25, -0.2) is 0 Å². The van der Waals surface area contributed by atoms with E-state index in [9.17, 15) is 4.79 Å². The molecule has 5 unspecified atom stereocenters. The zero-order valence-electron chi connectivity index (χ0n) is 18.9. The molecule has 3 fully saturated rings. The quantitative estimate of drug-likeness (QED) is 0.355. The molecule has 0 N–H and O–H groups in total. The highest BCUT2D eigenvalue weighted by atomic mass is 35.5. The van der Waals surface area contributed by atoms with Crippen molar-refractivity contribution in [3.05, 3.63) is 48.7 Å². The lowest BCUT2D eigenvalue weighted by Gasteiger charge is -2.51. The van der Waals surface area contributed by atoms with E-state index in [-0.39, 0.29) is 42.9 Å². The number of piperidine rings is 3. The van der Waals surface area contributed by atoms with Crippen LogP contribution in [0.25, 0.3) is 10.9 Å². The number of methoxy groups -OCH3 is 1. The molecule has 0 aliphatic carbocycles. The van der Waals surface area contributed by atoms with Crippen LogP contribution >= 0.6 is 24.8 Å². The Labute approximate surface area is 203 Å². The first-order valence-electron chi connectivity index (χ1n) is 11.1. The maximum Gasteiger partial charge on any atom is 0.306 e. The van der Waals surface area contributed by atoms with E-state index in [1.165, 1.54) is 6.42 Å². The summed E-state index contributed by atoms with van der Waals surface area (Å²) in [4.78, 5) is 19.7. The van der Waals surface area contributed by atoms with Crippen molar-refractivity contribution in [3.63, 3.8) is 0 Å². The van der Waals surface area contributed by atoms with Crippen LogP contribution in [0.5, 0.6) is 5.75 Å². The number of halogens is 2. The summed E-state index contributed by atoms with van der Waals surface area (Å²) in [5.74, 6) is 1.81. The molecule has 3 aliphatic heterocycles. The Balaban J connectivity index is 0.00000181. The van der Waals surface area contributed by atoms with Crippen LogP contribution in [0.3, 0.4) is 0 Å². The minimum absolute atomic E-state index is 0. The molecule has 5 nitrogen and oxygen atoms in total. The molecule has 32 heavy (non-hydrogen) atoms. The van der Waals surface area contributed by atoms with Crippen LogP contribution in [0, 0.1) is 11.8 Å². The van der Waals surface area contributed by atoms with Gasteiger partial charge in [0.05, 0.1) is 18.7 Å². The Hall–Kier alpha value is -1.82. The number of hydrogen-bond acceptors (Lipinski definition) is 5. The summed E-state index contributed by atoms with van der Waals surface area (Å²) in [6.07, 6.45) is 8.12. The summed E-state index contributed by atoms with van der Waals surface area (Å²) in [5, 5.41) is 0.994. The molecule has 7 heteroatoms. The van der Waals surface area contributed by atoms with Crippen molar-refractivity contribution in [3.8, 4) is 5.75 Å². The highest BCUT2D eigenvalue weighted by Gasteiger charge is 2.44. The van der Waals surface area contributed by atoms with Gasteiger partial charge in [-0.3, -0.25) is 14.7 Å². The van der Waals surface area contributed by atoms with Gasteiger partial charge in [0, 0.05) is 30.1 Å². The predicted octanol–water partition coefficient (Wildman–Crippen LogP) is 5.76. The summed E-state index contributed by atoms with van der Waals surface area (Å²) in [6, 6.07) is 8.08. The van der Waals surface area contributed by atoms with E-state index < -0.39 is 0 Å². The highest BCUT2D eigenvalue weighted by molar-refractivity contribution is 5.86. The van der Waals surface area contributed by atoms with E-state index in [4.69, 9.17) is 9.47 Å². The number of esters is 1. The average molecular weight is 481 g/mol. The third-order valence-corrected chi connectivity index (χ3v) is 6.79. The zero-order valence-corrected chi connectivity index (χ0v) is 20.5. The Morgan fingerprint density at radius 1 is 1.34 bits per heavy atom. The normalized spacial score (nSPS) is 24.7. The average Bonchev–Trinajstić information content (AvgIpc) is 2.80. The fourth-order valence-corrected chi connectivity index (χ4v) is 5.08. The lowest BCUT2D eigenvalue weighted by Crippen LogP contribution is -2.55. The second kappa shape index (κ2) is 11.9. The van der Waals surface area contributed by atoms with Crippen LogP contribution in [0.2, 0.25) is 0 Å². The van der Waals surface area contributed by atoms with Crippen molar-refractivity contribution >= 4 is 41.7 Å². The Bertz CT molecular complexity index is 923. The van der Waals surface area contributed by atoms with Crippen LogP contribution in [0.15, 0.2) is 43.1 Å². The number of ether oxygens (including phenoxy) is 2. The number of aromatic nitrogens is 1. The number of carbonyl (C=O) groups is 1. The largest absolute Gasteiger partial charge is 0.497 e. The number of fused-ring (bicyclic) bond motifs is 4. The first kappa shape index (κ1) is 26.4. The standard InChI is InChI=1S/C25H32N2O3.2ClH/c1-4-6-7-24(28)30-25(23-14-18-11-13-27(23)16-17(18)5-2)20-10-12-26-22-9-8-19(29-3)15-21(20)22;;/h5,8-10,12,15,17-18,23,25H,2,4,6-7,11,13-14,16H2,1,3H3;2*1H. The van der Waals surface area contributed by atoms with Gasteiger partial charge in [0.25, 0.3) is 0 Å². The van der Waals surface area contributed by atoms with Gasteiger partial charge in [-0.05, 0) is 61.9 Å². The van der Waals surface area contributed by atoms with Crippen LogP contribution in [-0.2, 0) is 9.53 Å². The van der Waals surface area contributed by atoms with E-state index >= 15 is 0 Å². The molecule has 4 heterocycles. The molecular weight excluding hydrogens is 447 g/mol. The maximum atomic E-state index is 12.7. The Morgan fingerprint density at radius 3 is 2.81 bits per heavy atom. The second-order valence-electron chi connectivity index (χ2n) is 8.54. The number of pyridine rings is 1. The summed E-state index contributed by atoms with van der Waals surface area (Å²) >= 11 is 0. The molecule has 0 spiro atoms. The first-order valence-corrected chi connectivity index (χ1v) is 11.1. The Kier molecular flexibility index (Phi) is 9.81. The molecule has 5 rings (SSSR count). The third-order valence-electron chi connectivity index (χ3n) is 6.79. The number of hydrogen-bond donors (Lipinski definition) is 0. The minimum atomic E-state index is -0.305. The summed E-state index contributed by atoms with van der Waals surface area (Å²) in [7, 11) is 1.67. The zero-order chi connectivity index (χ0) is 21.1. The predicted molar refractivity (Wildman–Crippen MR) is 133 cm³/mol. The SMILES string of the molecule is C=CC1CN2CCC1CC2C(OC(=O)CCCC)c1ccnc2ccc(OC)cc12.Cl.Cl. The van der Waals surface area contributed by atoms with Crippen molar-refractivity contribution in [2.24, 2.45) is 11.8 Å². The van der Waals surface area contributed by atoms with Crippen molar-refractivity contribution in [1.29, 1.82) is 0 Å². The molecule has 2 aromatic rings. The molecule has 5 atom stereocenters. The summed E-state index contributed by atoms with van der Waals surface area (Å²) < 4.78 is 11.7. The van der Waals surface area contributed by atoms with Gasteiger partial charge in [0.1, 0.15) is 11.9 Å². The Morgan fingerprint density at radius 2 is 2.16 bits per heavy atom. The number of benzene rings is 1. The smallest absolute Gasteiger partial charge is 0.306 e. The van der Waals surface area contributed by atoms with Gasteiger partial charge in [-0.1, -0.05) is 19.4 Å². The van der Waals surface area contributed by atoms with Gasteiger partial charge in [-0.15, -0.1) is 31.4 Å². The van der Waals surface area contributed by atoms with Crippen molar-refractivity contribution in [2.75, 3.05) is 20.2 Å². The lowest BCUT2D eigenvalue weighted by molar-refractivity contribution is -0.157. The maximum absolute atomic E-state index is 12.7. The number of carbonyl (C=O) groups excluding carboxylic acids is 1. The number of nitrogens with zero attached hydrogens (tertiary/aromatic N) is 2. The van der Waals surface area contributed by atoms with Gasteiger partial charge in [-0.2, -0.15) is 0 Å². The van der Waals surface area contributed by atoms with Crippen molar-refractivity contribution in [1.82, 2.24) is 9.88 Å². The van der Waals surface area contributed by atoms with Crippen molar-refractivity contribution in [2.45, 2.75) is 51.2 Å². The number of rotatable bonds is 8. The monoisotopic (exact) mass is 480 g/mol. The summed E-state index contributed by atoms with van der Waals surface area (Å²) in [6.45, 7) is 8.18. The van der Waals surface area contributed by atoms with E-state index in [1.807, 2.05) is 30.5 Å². The summed E-state index contributed by atoms with van der Waals surface area (Å²) in [5.41, 5.74) is 1.92. The lowest BCUT2D eigenvalue weighted by atomic mass is 9.73. The molecule has 3 aliphatic rings. The molecule has 0 amide bonds. The van der Waals surface area contributed by atoms with E-state index in [0.717, 1.165) is 54.6 Å². The molecule has 1 aromatic heterocycles. The van der Waals surface area contributed by atoms with E-state index in [1.54, 1.807) is 7.11 Å². The molecule has 3 saturated heterocycles. The third kappa shape index (κ3) is 5.38. The molecule has 2 bridgehead atoms. The second-order valence-corrected chi connectivity index (χ2v) is 8.54. The highest BCUT2D eigenvalue weighted by Crippen LogP contribution is 2.43. The van der Waals surface area contributed by atoms with Gasteiger partial charge >= 0.3 is 5.97 Å².